The van der Waals surface area contributed by atoms with E-state index in [4.69, 9.17) is 0 Å². The van der Waals surface area contributed by atoms with Crippen molar-refractivity contribution in [1.82, 2.24) is 4.90 Å². The van der Waals surface area contributed by atoms with Crippen LogP contribution in [0, 0.1) is 15.5 Å². The Morgan fingerprint density at radius 3 is 2.71 bits per heavy atom. The molecule has 1 heterocycles. The molecule has 1 aromatic carbocycles. The number of benzene rings is 1. The first-order chi connectivity index (χ1) is 7.90. The predicted molar refractivity (Wildman–Crippen MR) is 62.3 cm³/mol. The Morgan fingerprint density at radius 2 is 2.18 bits per heavy atom. The summed E-state index contributed by atoms with van der Waals surface area (Å²) in [6, 6.07) is 6.40. The summed E-state index contributed by atoms with van der Waals surface area (Å²) < 4.78 is 0. The quantitative estimate of drug-likeness (QED) is 0.456. The zero-order valence-corrected chi connectivity index (χ0v) is 9.84. The second-order valence-corrected chi connectivity index (χ2v) is 4.97. The molecule has 2 rings (SSSR count). The topological polar surface area (TPSA) is 63.4 Å². The first-order valence-electron chi connectivity index (χ1n) is 5.43. The molecule has 0 radical (unpaired) electrons. The number of nitrogens with zero attached hydrogens (tertiary/aromatic N) is 2. The largest absolute Gasteiger partial charge is 0.337 e. The molecule has 5 heteroatoms. The number of hydrogen-bond acceptors (Lipinski definition) is 3. The van der Waals surface area contributed by atoms with Gasteiger partial charge in [-0.2, -0.15) is 0 Å². The Kier molecular flexibility index (Phi) is 2.61. The Morgan fingerprint density at radius 1 is 1.47 bits per heavy atom. The molecular weight excluding hydrogens is 220 g/mol. The zero-order valence-electron chi connectivity index (χ0n) is 9.84. The molecule has 1 aliphatic heterocycles. The number of likely N-dealkylation sites (tertiary alicyclic amines) is 1. The second-order valence-electron chi connectivity index (χ2n) is 4.97. The molecule has 0 aliphatic carbocycles. The molecule has 0 saturated carbocycles. The van der Waals surface area contributed by atoms with Crippen LogP contribution in [0.25, 0.3) is 0 Å². The van der Waals surface area contributed by atoms with Crippen LogP contribution in [0.5, 0.6) is 0 Å². The van der Waals surface area contributed by atoms with Gasteiger partial charge in [0.1, 0.15) is 0 Å². The van der Waals surface area contributed by atoms with Gasteiger partial charge < -0.3 is 4.90 Å². The van der Waals surface area contributed by atoms with Gasteiger partial charge in [0.05, 0.1) is 10.3 Å². The number of β-lactam (4-membered cyclic amide) rings is 1. The van der Waals surface area contributed by atoms with Crippen molar-refractivity contribution in [2.24, 2.45) is 5.41 Å². The molecule has 0 unspecified atom stereocenters. The van der Waals surface area contributed by atoms with Crippen molar-refractivity contribution in [3.8, 4) is 0 Å². The van der Waals surface area contributed by atoms with Gasteiger partial charge in [-0.05, 0) is 19.4 Å². The van der Waals surface area contributed by atoms with Gasteiger partial charge >= 0.3 is 0 Å². The number of carbonyl (C=O) groups excluding carboxylic acids is 1. The molecule has 0 aromatic heterocycles. The third kappa shape index (κ3) is 2.13. The van der Waals surface area contributed by atoms with Crippen LogP contribution >= 0.6 is 0 Å². The Balaban J connectivity index is 2.08. The minimum absolute atomic E-state index is 0.0646. The second kappa shape index (κ2) is 3.84. The van der Waals surface area contributed by atoms with Crippen molar-refractivity contribution in [2.45, 2.75) is 20.4 Å². The van der Waals surface area contributed by atoms with Gasteiger partial charge in [-0.25, -0.2) is 0 Å². The predicted octanol–water partition coefficient (Wildman–Crippen LogP) is 1.96. The standard InChI is InChI=1S/C12H14N2O3/c1-12(2)8-13(11(12)15)7-9-4-3-5-10(6-9)14(16)17/h3-6H,7-8H2,1-2H3. The summed E-state index contributed by atoms with van der Waals surface area (Å²) in [7, 11) is 0. The minimum atomic E-state index is -0.425. The third-order valence-electron chi connectivity index (χ3n) is 2.95. The molecule has 0 N–H and O–H groups in total. The van der Waals surface area contributed by atoms with Crippen molar-refractivity contribution < 1.29 is 9.72 Å². The Bertz CT molecular complexity index is 482. The molecule has 1 saturated heterocycles. The lowest BCUT2D eigenvalue weighted by molar-refractivity contribution is -0.384. The average Bonchev–Trinajstić information content (AvgIpc) is 2.28. The minimum Gasteiger partial charge on any atom is -0.337 e. The maximum absolute atomic E-state index is 11.7. The lowest BCUT2D eigenvalue weighted by Crippen LogP contribution is -2.57. The van der Waals surface area contributed by atoms with Crippen molar-refractivity contribution >= 4 is 11.6 Å². The number of nitro groups is 1. The van der Waals surface area contributed by atoms with E-state index in [1.807, 2.05) is 13.8 Å². The normalized spacial score (nSPS) is 17.8. The number of amides is 1. The maximum atomic E-state index is 11.7. The van der Waals surface area contributed by atoms with E-state index in [1.54, 1.807) is 17.0 Å². The highest BCUT2D eigenvalue weighted by molar-refractivity contribution is 5.87. The molecule has 1 aromatic rings. The van der Waals surface area contributed by atoms with Gasteiger partial charge in [-0.1, -0.05) is 12.1 Å². The number of nitro benzene ring substituents is 1. The van der Waals surface area contributed by atoms with E-state index in [0.29, 0.717) is 13.1 Å². The summed E-state index contributed by atoms with van der Waals surface area (Å²) in [6.45, 7) is 4.96. The number of non-ortho nitro benzene ring substituents is 1. The van der Waals surface area contributed by atoms with Gasteiger partial charge in [0.25, 0.3) is 5.69 Å². The van der Waals surface area contributed by atoms with Gasteiger partial charge in [0, 0.05) is 25.2 Å². The molecule has 90 valence electrons. The first kappa shape index (κ1) is 11.6. The van der Waals surface area contributed by atoms with Crippen molar-refractivity contribution in [3.05, 3.63) is 39.9 Å². The van der Waals surface area contributed by atoms with Crippen LogP contribution in [-0.4, -0.2) is 22.3 Å². The molecule has 0 spiro atoms. The summed E-state index contributed by atoms with van der Waals surface area (Å²) in [5, 5.41) is 10.6. The van der Waals surface area contributed by atoms with Crippen molar-refractivity contribution in [1.29, 1.82) is 0 Å². The Labute approximate surface area is 99.2 Å². The van der Waals surface area contributed by atoms with Crippen LogP contribution in [0.2, 0.25) is 0 Å². The average molecular weight is 234 g/mol. The van der Waals surface area contributed by atoms with Crippen LogP contribution in [0.3, 0.4) is 0 Å². The van der Waals surface area contributed by atoms with Crippen LogP contribution in [-0.2, 0) is 11.3 Å². The van der Waals surface area contributed by atoms with Crippen LogP contribution in [0.4, 0.5) is 5.69 Å². The summed E-state index contributed by atoms with van der Waals surface area (Å²) in [5.41, 5.74) is 0.582. The fourth-order valence-corrected chi connectivity index (χ4v) is 2.07. The number of rotatable bonds is 3. The third-order valence-corrected chi connectivity index (χ3v) is 2.95. The monoisotopic (exact) mass is 234 g/mol. The van der Waals surface area contributed by atoms with Gasteiger partial charge in [0.15, 0.2) is 0 Å². The summed E-state index contributed by atoms with van der Waals surface area (Å²) >= 11 is 0. The highest BCUT2D eigenvalue weighted by Crippen LogP contribution is 2.32. The van der Waals surface area contributed by atoms with Crippen LogP contribution in [0.15, 0.2) is 24.3 Å². The van der Waals surface area contributed by atoms with Gasteiger partial charge in [-0.15, -0.1) is 0 Å². The lowest BCUT2D eigenvalue weighted by Gasteiger charge is -2.44. The zero-order chi connectivity index (χ0) is 12.6. The molecule has 1 fully saturated rings. The molecule has 0 atom stereocenters. The Hall–Kier alpha value is -1.91. The molecular formula is C12H14N2O3. The lowest BCUT2D eigenvalue weighted by atomic mass is 9.83. The van der Waals surface area contributed by atoms with Gasteiger partial charge in [-0.3, -0.25) is 14.9 Å². The highest BCUT2D eigenvalue weighted by Gasteiger charge is 2.43. The summed E-state index contributed by atoms with van der Waals surface area (Å²) in [6.07, 6.45) is 0. The summed E-state index contributed by atoms with van der Waals surface area (Å²) in [4.78, 5) is 23.6. The molecule has 17 heavy (non-hydrogen) atoms. The van der Waals surface area contributed by atoms with E-state index in [2.05, 4.69) is 0 Å². The van der Waals surface area contributed by atoms with Gasteiger partial charge in [0.2, 0.25) is 5.91 Å². The molecule has 1 amide bonds. The van der Waals surface area contributed by atoms with Crippen LogP contribution < -0.4 is 0 Å². The van der Waals surface area contributed by atoms with E-state index in [9.17, 15) is 14.9 Å². The first-order valence-corrected chi connectivity index (χ1v) is 5.43. The van der Waals surface area contributed by atoms with Crippen molar-refractivity contribution in [3.63, 3.8) is 0 Å². The smallest absolute Gasteiger partial charge is 0.269 e. The van der Waals surface area contributed by atoms with Crippen molar-refractivity contribution in [2.75, 3.05) is 6.54 Å². The molecule has 5 nitrogen and oxygen atoms in total. The summed E-state index contributed by atoms with van der Waals surface area (Å²) in [5.74, 6) is 0.101. The maximum Gasteiger partial charge on any atom is 0.269 e. The fourth-order valence-electron chi connectivity index (χ4n) is 2.07. The van der Waals surface area contributed by atoms with E-state index in [-0.39, 0.29) is 17.0 Å². The highest BCUT2D eigenvalue weighted by atomic mass is 16.6. The molecule has 1 aliphatic rings. The fraction of sp³-hybridized carbons (Fsp3) is 0.417. The SMILES string of the molecule is CC1(C)CN(Cc2cccc([N+](=O)[O-])c2)C1=O. The van der Waals surface area contributed by atoms with Crippen LogP contribution in [0.1, 0.15) is 19.4 Å². The number of carbonyl (C=O) groups is 1. The number of hydrogen-bond donors (Lipinski definition) is 0. The van der Waals surface area contributed by atoms with E-state index < -0.39 is 4.92 Å². The van der Waals surface area contributed by atoms with E-state index in [0.717, 1.165) is 5.56 Å². The molecule has 0 bridgehead atoms. The van der Waals surface area contributed by atoms with E-state index >= 15 is 0 Å². The van der Waals surface area contributed by atoms with E-state index in [1.165, 1.54) is 12.1 Å².